The van der Waals surface area contributed by atoms with Crippen LogP contribution in [0.4, 0.5) is 0 Å². The monoisotopic (exact) mass is 350 g/mol. The van der Waals surface area contributed by atoms with Crippen LogP contribution in [0.2, 0.25) is 0 Å². The Balaban J connectivity index is 2.08. The third-order valence-electron chi connectivity index (χ3n) is 4.45. The minimum atomic E-state index is -0.619. The average molecular weight is 350 g/mol. The number of fused-ring (bicyclic) bond motifs is 1. The summed E-state index contributed by atoms with van der Waals surface area (Å²) < 4.78 is 5.32. The summed E-state index contributed by atoms with van der Waals surface area (Å²) in [5.41, 5.74) is 8.48. The highest BCUT2D eigenvalue weighted by molar-refractivity contribution is 6.14. The Kier molecular flexibility index (Phi) is 4.55. The SMILES string of the molecule is COc1ccc2c(c1)C(=CC(=O)c1ccccc1C(N)=O)NC(C)(C)C2. The molecule has 0 atom stereocenters. The summed E-state index contributed by atoms with van der Waals surface area (Å²) in [7, 11) is 1.61. The van der Waals surface area contributed by atoms with E-state index in [0.29, 0.717) is 11.3 Å². The van der Waals surface area contributed by atoms with Crippen LogP contribution in [0.1, 0.15) is 45.7 Å². The standard InChI is InChI=1S/C21H22N2O3/c1-21(2)12-13-8-9-14(26-3)10-17(13)18(23-21)11-19(24)15-6-4-5-7-16(15)20(22)25/h4-11,23H,12H2,1-3H3,(H2,22,25). The van der Waals surface area contributed by atoms with Gasteiger partial charge in [-0.1, -0.05) is 24.3 Å². The summed E-state index contributed by atoms with van der Waals surface area (Å²) >= 11 is 0. The number of nitrogens with two attached hydrogens (primary N) is 1. The Hall–Kier alpha value is -3.08. The third kappa shape index (κ3) is 3.47. The molecule has 2 aromatic carbocycles. The smallest absolute Gasteiger partial charge is 0.249 e. The van der Waals surface area contributed by atoms with Crippen molar-refractivity contribution in [2.45, 2.75) is 25.8 Å². The molecule has 26 heavy (non-hydrogen) atoms. The van der Waals surface area contributed by atoms with E-state index in [1.165, 1.54) is 6.08 Å². The highest BCUT2D eigenvalue weighted by Crippen LogP contribution is 2.32. The van der Waals surface area contributed by atoms with Crippen LogP contribution in [-0.4, -0.2) is 24.3 Å². The van der Waals surface area contributed by atoms with Gasteiger partial charge in [-0.2, -0.15) is 0 Å². The first kappa shape index (κ1) is 17.7. The van der Waals surface area contributed by atoms with E-state index in [9.17, 15) is 9.59 Å². The fourth-order valence-corrected chi connectivity index (χ4v) is 3.28. The topological polar surface area (TPSA) is 81.4 Å². The Labute approximate surface area is 152 Å². The van der Waals surface area contributed by atoms with Crippen LogP contribution in [0.3, 0.4) is 0 Å². The number of ether oxygens (including phenoxy) is 1. The maximum Gasteiger partial charge on any atom is 0.249 e. The van der Waals surface area contributed by atoms with Gasteiger partial charge < -0.3 is 15.8 Å². The molecular formula is C21H22N2O3. The first-order chi connectivity index (χ1) is 12.3. The van der Waals surface area contributed by atoms with Crippen LogP contribution >= 0.6 is 0 Å². The lowest BCUT2D eigenvalue weighted by molar-refractivity contribution is 0.0983. The number of rotatable bonds is 4. The summed E-state index contributed by atoms with van der Waals surface area (Å²) in [6.45, 7) is 4.16. The van der Waals surface area contributed by atoms with Crippen molar-refractivity contribution in [2.24, 2.45) is 5.73 Å². The maximum absolute atomic E-state index is 12.9. The molecule has 134 valence electrons. The van der Waals surface area contributed by atoms with Crippen molar-refractivity contribution in [2.75, 3.05) is 7.11 Å². The number of amides is 1. The first-order valence-corrected chi connectivity index (χ1v) is 8.41. The second-order valence-electron chi connectivity index (χ2n) is 7.04. The lowest BCUT2D eigenvalue weighted by atomic mass is 9.85. The second-order valence-corrected chi connectivity index (χ2v) is 7.04. The molecule has 0 unspecified atom stereocenters. The largest absolute Gasteiger partial charge is 0.497 e. The van der Waals surface area contributed by atoms with E-state index in [1.807, 2.05) is 18.2 Å². The van der Waals surface area contributed by atoms with Crippen LogP contribution in [0.5, 0.6) is 5.75 Å². The van der Waals surface area contributed by atoms with Gasteiger partial charge in [0.25, 0.3) is 0 Å². The summed E-state index contributed by atoms with van der Waals surface area (Å²) in [5.74, 6) is -0.166. The van der Waals surface area contributed by atoms with Crippen molar-refractivity contribution < 1.29 is 14.3 Å². The van der Waals surface area contributed by atoms with E-state index < -0.39 is 5.91 Å². The Morgan fingerprint density at radius 3 is 2.50 bits per heavy atom. The number of hydrogen-bond donors (Lipinski definition) is 2. The van der Waals surface area contributed by atoms with Gasteiger partial charge in [0.2, 0.25) is 5.91 Å². The maximum atomic E-state index is 12.9. The van der Waals surface area contributed by atoms with E-state index in [0.717, 1.165) is 23.3 Å². The Morgan fingerprint density at radius 2 is 1.85 bits per heavy atom. The van der Waals surface area contributed by atoms with Gasteiger partial charge >= 0.3 is 0 Å². The highest BCUT2D eigenvalue weighted by atomic mass is 16.5. The molecule has 0 spiro atoms. The fraction of sp³-hybridized carbons (Fsp3) is 0.238. The van der Waals surface area contributed by atoms with Crippen LogP contribution in [-0.2, 0) is 6.42 Å². The van der Waals surface area contributed by atoms with E-state index in [4.69, 9.17) is 10.5 Å². The summed E-state index contributed by atoms with van der Waals surface area (Å²) in [6, 6.07) is 12.4. The molecule has 1 amide bonds. The predicted octanol–water partition coefficient (Wildman–Crippen LogP) is 2.94. The molecule has 0 radical (unpaired) electrons. The number of hydrogen-bond acceptors (Lipinski definition) is 4. The van der Waals surface area contributed by atoms with Gasteiger partial charge in [0, 0.05) is 28.4 Å². The number of carbonyl (C=O) groups is 2. The molecule has 0 saturated carbocycles. The van der Waals surface area contributed by atoms with E-state index >= 15 is 0 Å². The first-order valence-electron chi connectivity index (χ1n) is 8.41. The second kappa shape index (κ2) is 6.67. The zero-order chi connectivity index (χ0) is 18.9. The molecule has 3 N–H and O–H groups in total. The molecule has 0 saturated heterocycles. The Bertz CT molecular complexity index is 913. The van der Waals surface area contributed by atoms with Crippen molar-refractivity contribution in [1.82, 2.24) is 5.32 Å². The number of methoxy groups -OCH3 is 1. The molecule has 2 aromatic rings. The molecule has 1 aliphatic rings. The normalized spacial score (nSPS) is 16.5. The van der Waals surface area contributed by atoms with Crippen molar-refractivity contribution in [3.63, 3.8) is 0 Å². The number of allylic oxidation sites excluding steroid dienone is 1. The number of ketones is 1. The van der Waals surface area contributed by atoms with Crippen LogP contribution < -0.4 is 15.8 Å². The predicted molar refractivity (Wildman–Crippen MR) is 101 cm³/mol. The van der Waals surface area contributed by atoms with Crippen LogP contribution in [0.25, 0.3) is 5.70 Å². The summed E-state index contributed by atoms with van der Waals surface area (Å²) in [5, 5.41) is 3.42. The van der Waals surface area contributed by atoms with Crippen molar-refractivity contribution >= 4 is 17.4 Å². The lowest BCUT2D eigenvalue weighted by Gasteiger charge is -2.35. The molecule has 3 rings (SSSR count). The van der Waals surface area contributed by atoms with Gasteiger partial charge in [-0.25, -0.2) is 0 Å². The molecule has 0 bridgehead atoms. The van der Waals surface area contributed by atoms with Crippen molar-refractivity contribution in [3.8, 4) is 5.75 Å². The van der Waals surface area contributed by atoms with Gasteiger partial charge in [0.05, 0.1) is 12.7 Å². The molecule has 0 aromatic heterocycles. The summed E-state index contributed by atoms with van der Waals surface area (Å²) in [4.78, 5) is 24.5. The zero-order valence-corrected chi connectivity index (χ0v) is 15.1. The number of benzene rings is 2. The third-order valence-corrected chi connectivity index (χ3v) is 4.45. The minimum absolute atomic E-state index is 0.198. The number of primary amides is 1. The van der Waals surface area contributed by atoms with Crippen LogP contribution in [0, 0.1) is 0 Å². The zero-order valence-electron chi connectivity index (χ0n) is 15.1. The van der Waals surface area contributed by atoms with Gasteiger partial charge in [0.15, 0.2) is 5.78 Å². The van der Waals surface area contributed by atoms with Gasteiger partial charge in [0.1, 0.15) is 5.75 Å². The van der Waals surface area contributed by atoms with Crippen LogP contribution in [0.15, 0.2) is 48.5 Å². The van der Waals surface area contributed by atoms with E-state index in [1.54, 1.807) is 31.4 Å². The quantitative estimate of drug-likeness (QED) is 0.656. The molecular weight excluding hydrogens is 328 g/mol. The number of nitrogens with one attached hydrogen (secondary N) is 1. The molecule has 0 fully saturated rings. The van der Waals surface area contributed by atoms with Gasteiger partial charge in [-0.3, -0.25) is 9.59 Å². The highest BCUT2D eigenvalue weighted by Gasteiger charge is 2.28. The lowest BCUT2D eigenvalue weighted by Crippen LogP contribution is -2.43. The van der Waals surface area contributed by atoms with Gasteiger partial charge in [-0.05, 0) is 44.0 Å². The fourth-order valence-electron chi connectivity index (χ4n) is 3.28. The van der Waals surface area contributed by atoms with E-state index in [2.05, 4.69) is 19.2 Å². The van der Waals surface area contributed by atoms with E-state index in [-0.39, 0.29) is 16.9 Å². The molecule has 1 aliphatic heterocycles. The summed E-state index contributed by atoms with van der Waals surface area (Å²) in [6.07, 6.45) is 2.36. The molecule has 1 heterocycles. The molecule has 0 aliphatic carbocycles. The molecule has 5 nitrogen and oxygen atoms in total. The number of carbonyl (C=O) groups excluding carboxylic acids is 2. The van der Waals surface area contributed by atoms with Crippen molar-refractivity contribution in [1.29, 1.82) is 0 Å². The molecule has 5 heteroatoms. The Morgan fingerprint density at radius 1 is 1.15 bits per heavy atom. The van der Waals surface area contributed by atoms with Crippen molar-refractivity contribution in [3.05, 3.63) is 70.8 Å². The van der Waals surface area contributed by atoms with Gasteiger partial charge in [-0.15, -0.1) is 0 Å². The minimum Gasteiger partial charge on any atom is -0.497 e. The average Bonchev–Trinajstić information content (AvgIpc) is 2.60.